The first-order valence-corrected chi connectivity index (χ1v) is 5.32. The Morgan fingerprint density at radius 2 is 2.17 bits per heavy atom. The highest BCUT2D eigenvalue weighted by Gasteiger charge is 2.13. The number of halogens is 1. The fraction of sp³-hybridized carbons (Fsp3) is 0.167. The molecule has 0 saturated carbocycles. The summed E-state index contributed by atoms with van der Waals surface area (Å²) in [5.74, 6) is 0. The molecule has 66 valence electrons. The molecular weight excluding hydrogens is 202 g/mol. The molecule has 0 aliphatic heterocycles. The molecule has 0 spiro atoms. The molecule has 0 aliphatic rings. The van der Waals surface area contributed by atoms with E-state index in [1.807, 2.05) is 0 Å². The summed E-state index contributed by atoms with van der Waals surface area (Å²) < 4.78 is 22.9. The Morgan fingerprint density at radius 1 is 1.58 bits per heavy atom. The predicted octanol–water partition coefficient (Wildman–Crippen LogP) is 0.765. The summed E-state index contributed by atoms with van der Waals surface area (Å²) in [6.45, 7) is 0. The molecule has 6 heteroatoms. The van der Waals surface area contributed by atoms with Crippen LogP contribution >= 0.6 is 10.7 Å². The van der Waals surface area contributed by atoms with Crippen molar-refractivity contribution in [3.63, 3.8) is 0 Å². The Balaban J connectivity index is 3.32. The van der Waals surface area contributed by atoms with Gasteiger partial charge < -0.3 is 4.57 Å². The van der Waals surface area contributed by atoms with Gasteiger partial charge in [0.2, 0.25) is 0 Å². The summed E-state index contributed by atoms with van der Waals surface area (Å²) in [4.78, 5) is 10.2. The van der Waals surface area contributed by atoms with Crippen LogP contribution in [0, 0.1) is 0 Å². The van der Waals surface area contributed by atoms with Crippen LogP contribution in [-0.4, -0.2) is 19.3 Å². The third-order valence-corrected chi connectivity index (χ3v) is 2.74. The lowest BCUT2D eigenvalue weighted by Crippen LogP contribution is -1.90. The Bertz CT molecular complexity index is 406. The monoisotopic (exact) mass is 207 g/mol. The zero-order chi connectivity index (χ0) is 9.35. The number of hydrogen-bond acceptors (Lipinski definition) is 3. The molecule has 0 aliphatic carbocycles. The van der Waals surface area contributed by atoms with Crippen LogP contribution in [0.2, 0.25) is 0 Å². The first-order valence-electron chi connectivity index (χ1n) is 3.01. The second kappa shape index (κ2) is 2.91. The lowest BCUT2D eigenvalue weighted by molar-refractivity contribution is 0.111. The Kier molecular flexibility index (Phi) is 2.25. The maximum atomic E-state index is 10.8. The number of aldehydes is 1. The summed E-state index contributed by atoms with van der Waals surface area (Å²) >= 11 is 0. The van der Waals surface area contributed by atoms with Crippen molar-refractivity contribution in [2.24, 2.45) is 7.05 Å². The van der Waals surface area contributed by atoms with Crippen molar-refractivity contribution < 1.29 is 13.2 Å². The van der Waals surface area contributed by atoms with Gasteiger partial charge in [0.05, 0.1) is 5.69 Å². The second-order valence-electron chi connectivity index (χ2n) is 2.27. The van der Waals surface area contributed by atoms with E-state index in [2.05, 4.69) is 0 Å². The summed E-state index contributed by atoms with van der Waals surface area (Å²) in [6.07, 6.45) is 1.84. The maximum absolute atomic E-state index is 10.8. The van der Waals surface area contributed by atoms with E-state index in [4.69, 9.17) is 10.7 Å². The molecule has 1 aromatic rings. The van der Waals surface area contributed by atoms with Crippen LogP contribution in [0.25, 0.3) is 0 Å². The number of hydrogen-bond donors (Lipinski definition) is 0. The van der Waals surface area contributed by atoms with Crippen molar-refractivity contribution in [1.82, 2.24) is 4.57 Å². The quantitative estimate of drug-likeness (QED) is 0.532. The van der Waals surface area contributed by atoms with Crippen LogP contribution in [0.1, 0.15) is 10.5 Å². The third kappa shape index (κ3) is 1.67. The van der Waals surface area contributed by atoms with Crippen LogP contribution in [0.5, 0.6) is 0 Å². The van der Waals surface area contributed by atoms with Gasteiger partial charge >= 0.3 is 0 Å². The average Bonchev–Trinajstić information content (AvgIpc) is 2.29. The van der Waals surface area contributed by atoms with Gasteiger partial charge in [-0.05, 0) is 6.07 Å². The van der Waals surface area contributed by atoms with Crippen LogP contribution in [-0.2, 0) is 16.1 Å². The van der Waals surface area contributed by atoms with Gasteiger partial charge in [0.1, 0.15) is 4.90 Å². The largest absolute Gasteiger partial charge is 0.347 e. The van der Waals surface area contributed by atoms with Gasteiger partial charge in [0.25, 0.3) is 9.05 Å². The van der Waals surface area contributed by atoms with E-state index in [9.17, 15) is 13.2 Å². The first kappa shape index (κ1) is 9.28. The molecule has 0 radical (unpaired) electrons. The Hall–Kier alpha value is -0.810. The minimum Gasteiger partial charge on any atom is -0.347 e. The van der Waals surface area contributed by atoms with Gasteiger partial charge in [-0.1, -0.05) is 0 Å². The smallest absolute Gasteiger partial charge is 0.262 e. The lowest BCUT2D eigenvalue weighted by atomic mass is 10.5. The van der Waals surface area contributed by atoms with Crippen molar-refractivity contribution in [3.8, 4) is 0 Å². The minimum absolute atomic E-state index is 0.0613. The molecule has 0 amide bonds. The van der Waals surface area contributed by atoms with Crippen molar-refractivity contribution in [2.45, 2.75) is 4.90 Å². The molecule has 1 aromatic heterocycles. The number of aryl methyl sites for hydroxylation is 1. The van der Waals surface area contributed by atoms with E-state index < -0.39 is 9.05 Å². The number of carbonyl (C=O) groups is 1. The van der Waals surface area contributed by atoms with E-state index in [1.165, 1.54) is 16.8 Å². The maximum Gasteiger partial charge on any atom is 0.262 e. The van der Waals surface area contributed by atoms with E-state index in [1.54, 1.807) is 7.05 Å². The zero-order valence-corrected chi connectivity index (χ0v) is 7.76. The first-order chi connectivity index (χ1) is 5.45. The van der Waals surface area contributed by atoms with Crippen LogP contribution in [0.15, 0.2) is 17.2 Å². The van der Waals surface area contributed by atoms with Gasteiger partial charge in [-0.25, -0.2) is 8.42 Å². The number of nitrogens with zero attached hydrogens (tertiary/aromatic N) is 1. The molecule has 0 fully saturated rings. The zero-order valence-electron chi connectivity index (χ0n) is 6.19. The van der Waals surface area contributed by atoms with Gasteiger partial charge in [-0.3, -0.25) is 4.79 Å². The summed E-state index contributed by atoms with van der Waals surface area (Å²) in [7, 11) is 2.89. The summed E-state index contributed by atoms with van der Waals surface area (Å²) in [5, 5.41) is 0. The van der Waals surface area contributed by atoms with Crippen molar-refractivity contribution in [3.05, 3.63) is 18.0 Å². The molecule has 1 heterocycles. The van der Waals surface area contributed by atoms with Gasteiger partial charge in [-0.2, -0.15) is 0 Å². The van der Waals surface area contributed by atoms with Crippen molar-refractivity contribution in [2.75, 3.05) is 0 Å². The van der Waals surface area contributed by atoms with Gasteiger partial charge in [0.15, 0.2) is 6.29 Å². The molecule has 0 aromatic carbocycles. The fourth-order valence-corrected chi connectivity index (χ4v) is 1.60. The highest BCUT2D eigenvalue weighted by atomic mass is 35.7. The van der Waals surface area contributed by atoms with E-state index in [0.29, 0.717) is 6.29 Å². The normalized spacial score (nSPS) is 11.5. The highest BCUT2D eigenvalue weighted by Crippen LogP contribution is 2.16. The second-order valence-corrected chi connectivity index (χ2v) is 4.83. The molecule has 0 atom stereocenters. The van der Waals surface area contributed by atoms with E-state index in [0.717, 1.165) is 0 Å². The predicted molar refractivity (Wildman–Crippen MR) is 43.8 cm³/mol. The molecule has 4 nitrogen and oxygen atoms in total. The van der Waals surface area contributed by atoms with Crippen molar-refractivity contribution in [1.29, 1.82) is 0 Å². The molecule has 0 bridgehead atoms. The Morgan fingerprint density at radius 3 is 2.42 bits per heavy atom. The fourth-order valence-electron chi connectivity index (χ4n) is 0.801. The summed E-state index contributed by atoms with van der Waals surface area (Å²) in [6, 6.07) is 1.22. The third-order valence-electron chi connectivity index (χ3n) is 1.42. The topological polar surface area (TPSA) is 56.1 Å². The molecular formula is C6H6ClNO3S. The minimum atomic E-state index is -3.72. The van der Waals surface area contributed by atoms with Gasteiger partial charge in [0, 0.05) is 23.9 Å². The van der Waals surface area contributed by atoms with Gasteiger partial charge in [-0.15, -0.1) is 0 Å². The molecule has 0 unspecified atom stereocenters. The summed E-state index contributed by atoms with van der Waals surface area (Å²) in [5.41, 5.74) is 0.272. The SMILES string of the molecule is Cn1cc(S(=O)(=O)Cl)cc1C=O. The average molecular weight is 208 g/mol. The van der Waals surface area contributed by atoms with Crippen LogP contribution < -0.4 is 0 Å². The molecule has 0 N–H and O–H groups in total. The molecule has 1 rings (SSSR count). The van der Waals surface area contributed by atoms with E-state index in [-0.39, 0.29) is 10.6 Å². The van der Waals surface area contributed by atoms with Crippen LogP contribution in [0.3, 0.4) is 0 Å². The molecule has 0 saturated heterocycles. The van der Waals surface area contributed by atoms with Crippen molar-refractivity contribution >= 4 is 26.0 Å². The standard InChI is InChI=1S/C6H6ClNO3S/c1-8-3-6(12(7,10)11)2-5(8)4-9/h2-4H,1H3. The number of aromatic nitrogens is 1. The highest BCUT2D eigenvalue weighted by molar-refractivity contribution is 8.13. The number of rotatable bonds is 2. The van der Waals surface area contributed by atoms with Crippen LogP contribution in [0.4, 0.5) is 0 Å². The lowest BCUT2D eigenvalue weighted by Gasteiger charge is -1.89. The molecule has 12 heavy (non-hydrogen) atoms. The van der Waals surface area contributed by atoms with E-state index >= 15 is 0 Å². The Labute approximate surface area is 74.2 Å². The number of carbonyl (C=O) groups excluding carboxylic acids is 1.